The largest absolute Gasteiger partial charge is 0.381 e. The van der Waals surface area contributed by atoms with E-state index in [1.165, 1.54) is 12.7 Å². The highest BCUT2D eigenvalue weighted by Gasteiger charge is 2.02. The van der Waals surface area contributed by atoms with E-state index in [4.69, 9.17) is 4.74 Å². The van der Waals surface area contributed by atoms with Crippen LogP contribution in [-0.4, -0.2) is 19.6 Å². The maximum absolute atomic E-state index is 11.5. The lowest BCUT2D eigenvalue weighted by Gasteiger charge is -2.10. The van der Waals surface area contributed by atoms with Crippen LogP contribution in [0, 0.1) is 0 Å². The molecule has 0 aliphatic heterocycles. The topological polar surface area (TPSA) is 50.4 Å². The molecule has 2 aromatic rings. The Hall–Kier alpha value is -1.85. The van der Waals surface area contributed by atoms with Crippen molar-refractivity contribution in [3.05, 3.63) is 58.6 Å². The van der Waals surface area contributed by atoms with Crippen molar-refractivity contribution in [1.82, 2.24) is 0 Å². The Bertz CT molecular complexity index is 617. The summed E-state index contributed by atoms with van der Waals surface area (Å²) in [5.41, 5.74) is 2.87. The highest BCUT2D eigenvalue weighted by molar-refractivity contribution is 9.10. The number of benzene rings is 2. The van der Waals surface area contributed by atoms with E-state index < -0.39 is 0 Å². The van der Waals surface area contributed by atoms with Gasteiger partial charge in [0.1, 0.15) is 6.61 Å². The normalized spacial score (nSPS) is 10.2. The fourth-order valence-electron chi connectivity index (χ4n) is 1.89. The molecule has 0 radical (unpaired) electrons. The molecule has 5 heteroatoms. The molecule has 21 heavy (non-hydrogen) atoms. The average molecular weight is 349 g/mol. The van der Waals surface area contributed by atoms with Crippen LogP contribution < -0.4 is 10.6 Å². The summed E-state index contributed by atoms with van der Waals surface area (Å²) in [7, 11) is 1.50. The number of amides is 1. The van der Waals surface area contributed by atoms with Crippen molar-refractivity contribution in [3.63, 3.8) is 0 Å². The second-order valence-corrected chi connectivity index (χ2v) is 5.46. The lowest BCUT2D eigenvalue weighted by atomic mass is 10.2. The number of carbonyl (C=O) groups is 1. The van der Waals surface area contributed by atoms with Gasteiger partial charge in [-0.15, -0.1) is 0 Å². The number of rotatable bonds is 6. The smallest absolute Gasteiger partial charge is 0.250 e. The van der Waals surface area contributed by atoms with Crippen molar-refractivity contribution in [1.29, 1.82) is 0 Å². The van der Waals surface area contributed by atoms with Crippen LogP contribution in [0.2, 0.25) is 0 Å². The molecule has 110 valence electrons. The van der Waals surface area contributed by atoms with Crippen LogP contribution in [0.5, 0.6) is 0 Å². The Morgan fingerprint density at radius 3 is 2.67 bits per heavy atom. The molecule has 2 aromatic carbocycles. The van der Waals surface area contributed by atoms with Crippen LogP contribution in [0.3, 0.4) is 0 Å². The molecule has 0 unspecified atom stereocenters. The van der Waals surface area contributed by atoms with Gasteiger partial charge in [-0.1, -0.05) is 34.1 Å². The van der Waals surface area contributed by atoms with E-state index >= 15 is 0 Å². The van der Waals surface area contributed by atoms with Crippen LogP contribution in [0.25, 0.3) is 0 Å². The van der Waals surface area contributed by atoms with Gasteiger partial charge in [0.25, 0.3) is 0 Å². The fourth-order valence-corrected chi connectivity index (χ4v) is 2.33. The van der Waals surface area contributed by atoms with Gasteiger partial charge in [-0.25, -0.2) is 0 Å². The van der Waals surface area contributed by atoms with E-state index in [9.17, 15) is 4.79 Å². The van der Waals surface area contributed by atoms with Crippen molar-refractivity contribution in [3.8, 4) is 0 Å². The maximum Gasteiger partial charge on any atom is 0.250 e. The molecule has 2 N–H and O–H groups in total. The quantitative estimate of drug-likeness (QED) is 0.837. The van der Waals surface area contributed by atoms with Crippen molar-refractivity contribution >= 4 is 33.2 Å². The van der Waals surface area contributed by atoms with Gasteiger partial charge in [0.15, 0.2) is 0 Å². The third-order valence-corrected chi connectivity index (χ3v) is 3.30. The molecule has 0 bridgehead atoms. The number of carbonyl (C=O) groups excluding carboxylic acids is 1. The molecule has 0 aromatic heterocycles. The Kier molecular flexibility index (Phi) is 5.78. The molecule has 4 nitrogen and oxygen atoms in total. The summed E-state index contributed by atoms with van der Waals surface area (Å²) in [6.45, 7) is 0.768. The Morgan fingerprint density at radius 1 is 1.14 bits per heavy atom. The second-order valence-electron chi connectivity index (χ2n) is 4.55. The van der Waals surface area contributed by atoms with Gasteiger partial charge < -0.3 is 15.4 Å². The van der Waals surface area contributed by atoms with Crippen LogP contribution in [0.15, 0.2) is 53.0 Å². The van der Waals surface area contributed by atoms with E-state index in [0.717, 1.165) is 22.4 Å². The van der Waals surface area contributed by atoms with E-state index in [2.05, 4.69) is 38.7 Å². The molecule has 0 atom stereocenters. The third-order valence-electron chi connectivity index (χ3n) is 2.81. The lowest BCUT2D eigenvalue weighted by molar-refractivity contribution is -0.119. The molecule has 0 fully saturated rings. The van der Waals surface area contributed by atoms with E-state index in [-0.39, 0.29) is 12.5 Å². The lowest BCUT2D eigenvalue weighted by Crippen LogP contribution is -2.17. The predicted octanol–water partition coefficient (Wildman–Crippen LogP) is 3.65. The molecular formula is C16H17BrN2O2. The number of hydrogen-bond acceptors (Lipinski definition) is 3. The number of halogens is 1. The highest BCUT2D eigenvalue weighted by Crippen LogP contribution is 2.17. The van der Waals surface area contributed by atoms with Gasteiger partial charge in [-0.2, -0.15) is 0 Å². The molecule has 0 heterocycles. The summed E-state index contributed by atoms with van der Waals surface area (Å²) in [6.07, 6.45) is 0. The number of anilines is 2. The van der Waals surface area contributed by atoms with E-state index in [0.29, 0.717) is 0 Å². The minimum atomic E-state index is -0.165. The first-order chi connectivity index (χ1) is 10.2. The molecule has 0 aliphatic rings. The zero-order chi connectivity index (χ0) is 15.1. The first-order valence-corrected chi connectivity index (χ1v) is 7.34. The molecule has 2 rings (SSSR count). The number of methoxy groups -OCH3 is 1. The zero-order valence-electron chi connectivity index (χ0n) is 11.7. The van der Waals surface area contributed by atoms with Gasteiger partial charge in [0.2, 0.25) is 5.91 Å². The Balaban J connectivity index is 1.96. The summed E-state index contributed by atoms with van der Waals surface area (Å²) in [5.74, 6) is -0.165. The van der Waals surface area contributed by atoms with Gasteiger partial charge in [0.05, 0.1) is 0 Å². The van der Waals surface area contributed by atoms with Crippen molar-refractivity contribution < 1.29 is 9.53 Å². The standard InChI is InChI=1S/C16H17BrN2O2/c1-21-11-16(20)19-15-7-3-6-14(9-15)18-10-12-4-2-5-13(17)8-12/h2-9,18H,10-11H2,1H3,(H,19,20). The SMILES string of the molecule is COCC(=O)Nc1cccc(NCc2cccc(Br)c2)c1. The van der Waals surface area contributed by atoms with Crippen molar-refractivity contribution in [2.75, 3.05) is 24.4 Å². The van der Waals surface area contributed by atoms with E-state index in [1.807, 2.05) is 36.4 Å². The molecule has 1 amide bonds. The molecular weight excluding hydrogens is 332 g/mol. The third kappa shape index (κ3) is 5.21. The summed E-state index contributed by atoms with van der Waals surface area (Å²) in [5, 5.41) is 6.11. The summed E-state index contributed by atoms with van der Waals surface area (Å²) >= 11 is 3.45. The Labute approximate surface area is 132 Å². The maximum atomic E-state index is 11.5. The monoisotopic (exact) mass is 348 g/mol. The first-order valence-electron chi connectivity index (χ1n) is 6.54. The van der Waals surface area contributed by atoms with Gasteiger partial charge in [-0.05, 0) is 35.9 Å². The van der Waals surface area contributed by atoms with Gasteiger partial charge in [-0.3, -0.25) is 4.79 Å². The Morgan fingerprint density at radius 2 is 1.90 bits per heavy atom. The minimum absolute atomic E-state index is 0.0513. The molecule has 0 spiro atoms. The number of ether oxygens (including phenoxy) is 1. The molecule has 0 aliphatic carbocycles. The van der Waals surface area contributed by atoms with Crippen LogP contribution in [0.4, 0.5) is 11.4 Å². The highest BCUT2D eigenvalue weighted by atomic mass is 79.9. The number of hydrogen-bond donors (Lipinski definition) is 2. The van der Waals surface area contributed by atoms with Crippen molar-refractivity contribution in [2.24, 2.45) is 0 Å². The van der Waals surface area contributed by atoms with Crippen LogP contribution >= 0.6 is 15.9 Å². The number of nitrogens with one attached hydrogen (secondary N) is 2. The van der Waals surface area contributed by atoms with Crippen LogP contribution in [0.1, 0.15) is 5.56 Å². The minimum Gasteiger partial charge on any atom is -0.381 e. The van der Waals surface area contributed by atoms with Crippen molar-refractivity contribution in [2.45, 2.75) is 6.54 Å². The first kappa shape index (κ1) is 15.5. The summed E-state index contributed by atoms with van der Waals surface area (Å²) < 4.78 is 5.85. The van der Waals surface area contributed by atoms with Gasteiger partial charge in [0, 0.05) is 29.5 Å². The van der Waals surface area contributed by atoms with E-state index in [1.54, 1.807) is 0 Å². The fraction of sp³-hybridized carbons (Fsp3) is 0.188. The van der Waals surface area contributed by atoms with Crippen LogP contribution in [-0.2, 0) is 16.1 Å². The zero-order valence-corrected chi connectivity index (χ0v) is 13.3. The average Bonchev–Trinajstić information content (AvgIpc) is 2.46. The molecule has 0 saturated heterocycles. The summed E-state index contributed by atoms with van der Waals surface area (Å²) in [6, 6.07) is 15.7. The molecule has 0 saturated carbocycles. The predicted molar refractivity (Wildman–Crippen MR) is 88.4 cm³/mol. The second kappa shape index (κ2) is 7.81. The van der Waals surface area contributed by atoms with Gasteiger partial charge >= 0.3 is 0 Å². The summed E-state index contributed by atoms with van der Waals surface area (Å²) in [4.78, 5) is 11.5.